The van der Waals surface area contributed by atoms with Crippen molar-refractivity contribution in [2.45, 2.75) is 88.2 Å². The minimum Gasteiger partial charge on any atom is -0.508 e. The highest BCUT2D eigenvalue weighted by atomic mass is 16.8. The number of hydrogen-bond donors (Lipinski definition) is 6. The molecule has 1 aromatic carbocycles. The molecule has 0 radical (unpaired) electrons. The van der Waals surface area contributed by atoms with Crippen molar-refractivity contribution in [1.82, 2.24) is 10.2 Å². The summed E-state index contributed by atoms with van der Waals surface area (Å²) in [5.74, 6) is -2.23. The first-order valence-corrected chi connectivity index (χ1v) is 17.5. The molecule has 7 unspecified atom stereocenters. The SMILES string of the molecule is CN(C(=O)NCCOCCO)C1CC(=NOC2CCCCO2)C2=CC(CCCCO)C(CCCCO)C3c4cc(O)ccc4OC1(O)C23. The van der Waals surface area contributed by atoms with Crippen LogP contribution in [0.5, 0.6) is 11.5 Å². The van der Waals surface area contributed by atoms with Crippen LogP contribution in [0.25, 0.3) is 0 Å². The lowest BCUT2D eigenvalue weighted by molar-refractivity contribution is -0.226. The fourth-order valence-electron chi connectivity index (χ4n) is 7.94. The molecule has 6 N–H and O–H groups in total. The van der Waals surface area contributed by atoms with Crippen LogP contribution in [0.2, 0.25) is 0 Å². The third-order valence-corrected chi connectivity index (χ3v) is 10.2. The number of amides is 2. The van der Waals surface area contributed by atoms with E-state index in [4.69, 9.17) is 24.2 Å². The maximum Gasteiger partial charge on any atom is 0.317 e. The second kappa shape index (κ2) is 17.1. The monoisotopic (exact) mass is 675 g/mol. The number of rotatable bonds is 16. The molecule has 7 atom stereocenters. The van der Waals surface area contributed by atoms with Crippen molar-refractivity contribution in [3.63, 3.8) is 0 Å². The molecule has 13 nitrogen and oxygen atoms in total. The zero-order chi connectivity index (χ0) is 34.1. The Balaban J connectivity index is 1.58. The van der Waals surface area contributed by atoms with Crippen LogP contribution in [-0.2, 0) is 14.3 Å². The Morgan fingerprint density at radius 3 is 2.60 bits per heavy atom. The number of fused-ring (bicyclic) bond motifs is 2. The Hall–Kier alpha value is -2.94. The third kappa shape index (κ3) is 8.09. The fourth-order valence-corrected chi connectivity index (χ4v) is 7.94. The van der Waals surface area contributed by atoms with Crippen molar-refractivity contribution in [1.29, 1.82) is 0 Å². The summed E-state index contributed by atoms with van der Waals surface area (Å²) in [4.78, 5) is 21.0. The average Bonchev–Trinajstić information content (AvgIpc) is 3.09. The maximum absolute atomic E-state index is 13.5. The van der Waals surface area contributed by atoms with Crippen molar-refractivity contribution in [3.8, 4) is 11.5 Å². The van der Waals surface area contributed by atoms with Gasteiger partial charge in [0.1, 0.15) is 17.5 Å². The Morgan fingerprint density at radius 2 is 1.88 bits per heavy atom. The molecule has 48 heavy (non-hydrogen) atoms. The lowest BCUT2D eigenvalue weighted by Gasteiger charge is -2.58. The smallest absolute Gasteiger partial charge is 0.317 e. The van der Waals surface area contributed by atoms with E-state index in [1.54, 1.807) is 19.2 Å². The van der Waals surface area contributed by atoms with Gasteiger partial charge in [0, 0.05) is 51.1 Å². The molecule has 1 saturated heterocycles. The Kier molecular flexibility index (Phi) is 13.0. The highest BCUT2D eigenvalue weighted by Gasteiger charge is 2.63. The molecule has 2 fully saturated rings. The van der Waals surface area contributed by atoms with Gasteiger partial charge in [-0.1, -0.05) is 24.1 Å². The second-order valence-electron chi connectivity index (χ2n) is 13.3. The Bertz CT molecular complexity index is 1270. The number of phenolic OH excluding ortho intramolecular Hbond substituents is 1. The van der Waals surface area contributed by atoms with Gasteiger partial charge in [-0.15, -0.1) is 0 Å². The van der Waals surface area contributed by atoms with Gasteiger partial charge in [-0.25, -0.2) is 4.79 Å². The number of phenols is 1. The van der Waals surface area contributed by atoms with E-state index in [1.807, 2.05) is 0 Å². The lowest BCUT2D eigenvalue weighted by Crippen LogP contribution is -2.69. The number of nitrogens with zero attached hydrogens (tertiary/aromatic N) is 2. The highest BCUT2D eigenvalue weighted by molar-refractivity contribution is 6.03. The topological polar surface area (TPSA) is 183 Å². The summed E-state index contributed by atoms with van der Waals surface area (Å²) >= 11 is 0. The Labute approximate surface area is 282 Å². The van der Waals surface area contributed by atoms with Gasteiger partial charge in [0.15, 0.2) is 0 Å². The number of oxime groups is 1. The molecular weight excluding hydrogens is 622 g/mol. The summed E-state index contributed by atoms with van der Waals surface area (Å²) in [6.07, 6.45) is 8.91. The highest BCUT2D eigenvalue weighted by Crippen LogP contribution is 2.60. The number of aromatic hydroxyl groups is 1. The second-order valence-corrected chi connectivity index (χ2v) is 13.3. The number of urea groups is 1. The van der Waals surface area contributed by atoms with Gasteiger partial charge < -0.3 is 54.8 Å². The number of aliphatic hydroxyl groups is 4. The van der Waals surface area contributed by atoms with Gasteiger partial charge in [0.2, 0.25) is 12.1 Å². The van der Waals surface area contributed by atoms with E-state index < -0.39 is 30.1 Å². The molecule has 2 aliphatic heterocycles. The van der Waals surface area contributed by atoms with Crippen molar-refractivity contribution < 1.29 is 49.4 Å². The summed E-state index contributed by atoms with van der Waals surface area (Å²) in [5, 5.41) is 59.3. The van der Waals surface area contributed by atoms with Gasteiger partial charge in [-0.05, 0) is 74.1 Å². The third-order valence-electron chi connectivity index (χ3n) is 10.2. The summed E-state index contributed by atoms with van der Waals surface area (Å²) < 4.78 is 17.7. The molecule has 268 valence electrons. The van der Waals surface area contributed by atoms with E-state index in [2.05, 4.69) is 16.5 Å². The molecule has 0 aromatic heterocycles. The minimum atomic E-state index is -1.86. The van der Waals surface area contributed by atoms with E-state index in [9.17, 15) is 25.2 Å². The first-order valence-electron chi connectivity index (χ1n) is 17.5. The molecule has 5 rings (SSSR count). The lowest BCUT2D eigenvalue weighted by atomic mass is 9.55. The zero-order valence-corrected chi connectivity index (χ0v) is 28.0. The molecule has 1 aromatic rings. The van der Waals surface area contributed by atoms with E-state index >= 15 is 0 Å². The van der Waals surface area contributed by atoms with Gasteiger partial charge in [-0.3, -0.25) is 0 Å². The average molecular weight is 676 g/mol. The first-order chi connectivity index (χ1) is 23.3. The number of ether oxygens (including phenoxy) is 3. The van der Waals surface area contributed by atoms with Crippen LogP contribution in [-0.4, -0.2) is 114 Å². The number of benzene rings is 1. The number of aliphatic hydroxyl groups excluding tert-OH is 3. The van der Waals surface area contributed by atoms with Crippen LogP contribution in [0, 0.1) is 17.8 Å². The number of hydrogen-bond acceptors (Lipinski definition) is 11. The number of unbranched alkanes of at least 4 members (excludes halogenated alkanes) is 2. The van der Waals surface area contributed by atoms with Crippen LogP contribution in [0.15, 0.2) is 35.0 Å². The van der Waals surface area contributed by atoms with Crippen LogP contribution < -0.4 is 10.1 Å². The molecule has 0 bridgehead atoms. The van der Waals surface area contributed by atoms with Crippen LogP contribution >= 0.6 is 0 Å². The predicted molar refractivity (Wildman–Crippen MR) is 176 cm³/mol. The van der Waals surface area contributed by atoms with Gasteiger partial charge in [0.05, 0.1) is 38.1 Å². The van der Waals surface area contributed by atoms with Gasteiger partial charge in [-0.2, -0.15) is 0 Å². The standard InChI is InChI=1S/C35H53N3O10/c1-38(34(43)36-13-18-45-19-16-41)30-22-28(37-48-31-10-4-7-17-46-31)26-20-23(8-2-5-14-39)25(9-3-6-15-40)32-27-21-24(42)11-12-29(27)47-35(30,44)33(26)32/h11-12,20-21,23,25,30-33,39-42,44H,2-10,13-19,22H2,1H3,(H,36,43). The normalized spacial score (nSPS) is 30.1. The summed E-state index contributed by atoms with van der Waals surface area (Å²) in [7, 11) is 1.62. The quantitative estimate of drug-likeness (QED) is 0.113. The molecule has 2 aliphatic carbocycles. The van der Waals surface area contributed by atoms with Crippen molar-refractivity contribution >= 4 is 11.7 Å². The van der Waals surface area contributed by atoms with Crippen LogP contribution in [0.1, 0.15) is 75.7 Å². The van der Waals surface area contributed by atoms with Crippen molar-refractivity contribution in [2.24, 2.45) is 22.9 Å². The van der Waals surface area contributed by atoms with E-state index in [1.165, 1.54) is 11.0 Å². The number of nitrogens with one attached hydrogen (secondary N) is 1. The van der Waals surface area contributed by atoms with Crippen molar-refractivity contribution in [3.05, 3.63) is 35.4 Å². The summed E-state index contributed by atoms with van der Waals surface area (Å²) in [5.41, 5.74) is 2.18. The molecular formula is C35H53N3O10. The van der Waals surface area contributed by atoms with E-state index in [0.29, 0.717) is 37.3 Å². The number of carbonyl (C=O) groups is 1. The molecule has 4 aliphatic rings. The largest absolute Gasteiger partial charge is 0.508 e. The van der Waals surface area contributed by atoms with E-state index in [0.717, 1.165) is 49.7 Å². The number of carbonyl (C=O) groups excluding carboxylic acids is 1. The predicted octanol–water partition coefficient (Wildman–Crippen LogP) is 2.99. The van der Waals surface area contributed by atoms with Crippen LogP contribution in [0.4, 0.5) is 4.79 Å². The molecule has 2 amide bonds. The van der Waals surface area contributed by atoms with Crippen LogP contribution in [0.3, 0.4) is 0 Å². The fraction of sp³-hybridized carbons (Fsp3) is 0.714. The zero-order valence-electron chi connectivity index (χ0n) is 28.0. The summed E-state index contributed by atoms with van der Waals surface area (Å²) in [6, 6.07) is 3.61. The number of likely N-dealkylation sites (N-methyl/N-ethyl adjacent to an activating group) is 1. The summed E-state index contributed by atoms with van der Waals surface area (Å²) in [6.45, 7) is 1.24. The first kappa shape index (κ1) is 36.3. The van der Waals surface area contributed by atoms with Crippen molar-refractivity contribution in [2.75, 3.05) is 53.2 Å². The molecule has 13 heteroatoms. The molecule has 0 spiro atoms. The Morgan fingerprint density at radius 1 is 1.08 bits per heavy atom. The van der Waals surface area contributed by atoms with E-state index in [-0.39, 0.29) is 69.5 Å². The minimum absolute atomic E-state index is 0.00497. The van der Waals surface area contributed by atoms with Gasteiger partial charge in [0.25, 0.3) is 0 Å². The molecule has 2 heterocycles. The number of allylic oxidation sites excluding steroid dienone is 1. The van der Waals surface area contributed by atoms with Gasteiger partial charge >= 0.3 is 6.03 Å². The molecule has 1 saturated carbocycles. The maximum atomic E-state index is 13.5.